The predicted molar refractivity (Wildman–Crippen MR) is 129 cm³/mol. The number of anilines is 2. The minimum atomic E-state index is -0.809. The number of nitro groups is 2. The van der Waals surface area contributed by atoms with E-state index in [9.17, 15) is 29.8 Å². The first-order valence-electron chi connectivity index (χ1n) is 10.8. The quantitative estimate of drug-likeness (QED) is 0.423. The van der Waals surface area contributed by atoms with E-state index in [1.54, 1.807) is 23.1 Å². The fraction of sp³-hybridized carbons (Fsp3) is 0.167. The average Bonchev–Trinajstić information content (AvgIpc) is 2.89. The lowest BCUT2D eigenvalue weighted by atomic mass is 10.1. The molecule has 0 unspecified atom stereocenters. The molecule has 0 aromatic heterocycles. The molecule has 35 heavy (non-hydrogen) atoms. The van der Waals surface area contributed by atoms with Crippen LogP contribution in [0.15, 0.2) is 72.8 Å². The van der Waals surface area contributed by atoms with Crippen molar-refractivity contribution in [2.75, 3.05) is 36.4 Å². The standard InChI is InChI=1S/C24H21N5O6/c30-23(17-14-19(28(32)33)16-20(15-17)29(34)35)25-22-9-5-4-8-21(22)24(31)27-12-10-26(11-13-27)18-6-2-1-3-7-18/h1-9,14-16H,10-13H2,(H,25,30). The number of carbonyl (C=O) groups excluding carboxylic acids is 2. The minimum Gasteiger partial charge on any atom is -0.368 e. The Labute approximate surface area is 199 Å². The van der Waals surface area contributed by atoms with Gasteiger partial charge < -0.3 is 15.1 Å². The van der Waals surface area contributed by atoms with E-state index >= 15 is 0 Å². The lowest BCUT2D eigenvalue weighted by Gasteiger charge is -2.36. The lowest BCUT2D eigenvalue weighted by Crippen LogP contribution is -2.48. The number of non-ortho nitro benzene ring substituents is 2. The van der Waals surface area contributed by atoms with Gasteiger partial charge in [0.15, 0.2) is 0 Å². The van der Waals surface area contributed by atoms with E-state index in [4.69, 9.17) is 0 Å². The zero-order valence-corrected chi connectivity index (χ0v) is 18.5. The fourth-order valence-corrected chi connectivity index (χ4v) is 3.89. The molecule has 1 heterocycles. The molecule has 1 saturated heterocycles. The summed E-state index contributed by atoms with van der Waals surface area (Å²) in [5.41, 5.74) is 0.133. The molecule has 4 rings (SSSR count). The van der Waals surface area contributed by atoms with Crippen molar-refractivity contribution >= 4 is 34.6 Å². The number of carbonyl (C=O) groups is 2. The third-order valence-corrected chi connectivity index (χ3v) is 5.68. The van der Waals surface area contributed by atoms with E-state index in [1.165, 1.54) is 6.07 Å². The van der Waals surface area contributed by atoms with Gasteiger partial charge in [-0.05, 0) is 24.3 Å². The highest BCUT2D eigenvalue weighted by molar-refractivity contribution is 6.09. The van der Waals surface area contributed by atoms with Crippen LogP contribution in [0, 0.1) is 20.2 Å². The monoisotopic (exact) mass is 475 g/mol. The van der Waals surface area contributed by atoms with Gasteiger partial charge in [-0.15, -0.1) is 0 Å². The topological polar surface area (TPSA) is 139 Å². The molecule has 2 amide bonds. The maximum atomic E-state index is 13.2. The van der Waals surface area contributed by atoms with Crippen LogP contribution in [0.4, 0.5) is 22.7 Å². The molecular weight excluding hydrogens is 454 g/mol. The van der Waals surface area contributed by atoms with Gasteiger partial charge in [0, 0.05) is 44.0 Å². The van der Waals surface area contributed by atoms with Crippen molar-refractivity contribution in [1.82, 2.24) is 4.90 Å². The third-order valence-electron chi connectivity index (χ3n) is 5.68. The summed E-state index contributed by atoms with van der Waals surface area (Å²) in [6.45, 7) is 2.30. The Morgan fingerprint density at radius 3 is 1.94 bits per heavy atom. The van der Waals surface area contributed by atoms with Crippen LogP contribution in [0.5, 0.6) is 0 Å². The number of nitrogens with zero attached hydrogens (tertiary/aromatic N) is 4. The highest BCUT2D eigenvalue weighted by Gasteiger charge is 2.25. The number of rotatable bonds is 6. The molecule has 1 N–H and O–H groups in total. The predicted octanol–water partition coefficient (Wildman–Crippen LogP) is 3.72. The second-order valence-corrected chi connectivity index (χ2v) is 7.87. The summed E-state index contributed by atoms with van der Waals surface area (Å²) in [5.74, 6) is -1.07. The van der Waals surface area contributed by atoms with Crippen LogP contribution < -0.4 is 10.2 Å². The summed E-state index contributed by atoms with van der Waals surface area (Å²) in [6, 6.07) is 19.0. The highest BCUT2D eigenvalue weighted by atomic mass is 16.6. The summed E-state index contributed by atoms with van der Waals surface area (Å²) in [6.07, 6.45) is 0. The molecule has 0 spiro atoms. The number of hydrogen-bond donors (Lipinski definition) is 1. The van der Waals surface area contributed by atoms with E-state index in [2.05, 4.69) is 10.2 Å². The molecule has 3 aromatic rings. The summed E-state index contributed by atoms with van der Waals surface area (Å²) in [4.78, 5) is 50.6. The first kappa shape index (κ1) is 23.4. The molecule has 0 radical (unpaired) electrons. The van der Waals surface area contributed by atoms with Gasteiger partial charge in [0.1, 0.15) is 0 Å². The van der Waals surface area contributed by atoms with Gasteiger partial charge >= 0.3 is 0 Å². The van der Waals surface area contributed by atoms with Crippen LogP contribution in [0.1, 0.15) is 20.7 Å². The Morgan fingerprint density at radius 1 is 0.771 bits per heavy atom. The van der Waals surface area contributed by atoms with Crippen molar-refractivity contribution in [2.24, 2.45) is 0 Å². The maximum absolute atomic E-state index is 13.2. The zero-order valence-electron chi connectivity index (χ0n) is 18.5. The highest BCUT2D eigenvalue weighted by Crippen LogP contribution is 2.25. The lowest BCUT2D eigenvalue weighted by molar-refractivity contribution is -0.394. The summed E-state index contributed by atoms with van der Waals surface area (Å²) >= 11 is 0. The largest absolute Gasteiger partial charge is 0.368 e. The Balaban J connectivity index is 1.51. The summed E-state index contributed by atoms with van der Waals surface area (Å²) in [7, 11) is 0. The molecule has 11 nitrogen and oxygen atoms in total. The molecule has 3 aromatic carbocycles. The summed E-state index contributed by atoms with van der Waals surface area (Å²) < 4.78 is 0. The first-order chi connectivity index (χ1) is 16.8. The Kier molecular flexibility index (Phi) is 6.67. The molecule has 0 atom stereocenters. The van der Waals surface area contributed by atoms with Gasteiger partial charge in [-0.25, -0.2) is 0 Å². The van der Waals surface area contributed by atoms with Crippen molar-refractivity contribution in [1.29, 1.82) is 0 Å². The molecule has 0 saturated carbocycles. The number of nitrogens with one attached hydrogen (secondary N) is 1. The molecule has 0 bridgehead atoms. The Bertz CT molecular complexity index is 1260. The number of amides is 2. The van der Waals surface area contributed by atoms with E-state index < -0.39 is 27.1 Å². The number of nitro benzene ring substituents is 2. The molecule has 1 aliphatic heterocycles. The van der Waals surface area contributed by atoms with Crippen LogP contribution in [-0.4, -0.2) is 52.7 Å². The summed E-state index contributed by atoms with van der Waals surface area (Å²) in [5, 5.41) is 24.8. The van der Waals surface area contributed by atoms with Crippen molar-refractivity contribution in [3.8, 4) is 0 Å². The van der Waals surface area contributed by atoms with Crippen molar-refractivity contribution in [3.05, 3.63) is 104 Å². The maximum Gasteiger partial charge on any atom is 0.277 e. The number of piperazine rings is 1. The Hall–Kier alpha value is -4.80. The molecule has 0 aliphatic carbocycles. The van der Waals surface area contributed by atoms with Gasteiger partial charge in [-0.1, -0.05) is 30.3 Å². The molecule has 178 valence electrons. The smallest absolute Gasteiger partial charge is 0.277 e. The van der Waals surface area contributed by atoms with Gasteiger partial charge in [0.2, 0.25) is 0 Å². The van der Waals surface area contributed by atoms with Crippen molar-refractivity contribution in [2.45, 2.75) is 0 Å². The second-order valence-electron chi connectivity index (χ2n) is 7.87. The Morgan fingerprint density at radius 2 is 1.34 bits per heavy atom. The van der Waals surface area contributed by atoms with Crippen molar-refractivity contribution in [3.63, 3.8) is 0 Å². The van der Waals surface area contributed by atoms with E-state index in [0.29, 0.717) is 26.2 Å². The van der Waals surface area contributed by atoms with Crippen LogP contribution in [0.2, 0.25) is 0 Å². The van der Waals surface area contributed by atoms with Gasteiger partial charge in [0.05, 0.1) is 32.7 Å². The molecule has 1 fully saturated rings. The second kappa shape index (κ2) is 10.00. The van der Waals surface area contributed by atoms with Crippen LogP contribution in [-0.2, 0) is 0 Å². The molecule has 1 aliphatic rings. The van der Waals surface area contributed by atoms with Crippen LogP contribution >= 0.6 is 0 Å². The van der Waals surface area contributed by atoms with E-state index in [1.807, 2.05) is 30.3 Å². The minimum absolute atomic E-state index is 0.210. The SMILES string of the molecule is O=C(Nc1ccccc1C(=O)N1CCN(c2ccccc2)CC1)c1cc([N+](=O)[O-])cc([N+](=O)[O-])c1. The van der Waals surface area contributed by atoms with Gasteiger partial charge in [0.25, 0.3) is 23.2 Å². The third kappa shape index (κ3) is 5.24. The van der Waals surface area contributed by atoms with Crippen LogP contribution in [0.25, 0.3) is 0 Å². The number of hydrogen-bond acceptors (Lipinski definition) is 7. The van der Waals surface area contributed by atoms with Crippen molar-refractivity contribution < 1.29 is 19.4 Å². The molecular formula is C24H21N5O6. The number of para-hydroxylation sites is 2. The fourth-order valence-electron chi connectivity index (χ4n) is 3.89. The molecule has 11 heteroatoms. The first-order valence-corrected chi connectivity index (χ1v) is 10.8. The van der Waals surface area contributed by atoms with Gasteiger partial charge in [-0.2, -0.15) is 0 Å². The van der Waals surface area contributed by atoms with E-state index in [-0.39, 0.29) is 22.7 Å². The average molecular weight is 475 g/mol. The normalized spacial score (nSPS) is 13.3. The van der Waals surface area contributed by atoms with E-state index in [0.717, 1.165) is 23.9 Å². The van der Waals surface area contributed by atoms with Crippen LogP contribution in [0.3, 0.4) is 0 Å². The number of benzene rings is 3. The zero-order chi connectivity index (χ0) is 24.9. The van der Waals surface area contributed by atoms with Gasteiger partial charge in [-0.3, -0.25) is 29.8 Å².